The Balaban J connectivity index is 0.000000207. The normalized spacial score (nSPS) is 18.3. The maximum Gasteiger partial charge on any atom is 0.164 e. The Kier molecular flexibility index (Phi) is 20.9. The molecule has 2 aliphatic heterocycles. The molecular formula is C62H85ClF2N8. The smallest absolute Gasteiger partial charge is 0.164 e. The quantitative estimate of drug-likeness (QED) is 0.0562. The van der Waals surface area contributed by atoms with Crippen LogP contribution >= 0.6 is 11.6 Å². The second kappa shape index (κ2) is 26.8. The lowest BCUT2D eigenvalue weighted by atomic mass is 9.72. The monoisotopic (exact) mass is 1010 g/mol. The van der Waals surface area contributed by atoms with E-state index in [9.17, 15) is 0 Å². The molecule has 8 rings (SSSR count). The molecule has 2 atom stereocenters. The summed E-state index contributed by atoms with van der Waals surface area (Å²) >= 11 is 6.58. The van der Waals surface area contributed by atoms with Crippen molar-refractivity contribution in [1.82, 2.24) is 30.2 Å². The zero-order valence-electron chi connectivity index (χ0n) is 45.2. The molecule has 0 saturated carbocycles. The number of hydrogen-bond donors (Lipinski definition) is 3. The third-order valence-corrected chi connectivity index (χ3v) is 16.1. The van der Waals surface area contributed by atoms with Crippen molar-refractivity contribution in [3.05, 3.63) is 161 Å². The minimum absolute atomic E-state index is 0.0129. The lowest BCUT2D eigenvalue weighted by Crippen LogP contribution is -2.40. The highest BCUT2D eigenvalue weighted by atomic mass is 35.5. The number of aryl methyl sites for hydroxylation is 2. The lowest BCUT2D eigenvalue weighted by molar-refractivity contribution is 0.139. The van der Waals surface area contributed by atoms with Gasteiger partial charge in [0.05, 0.1) is 10.5 Å². The second-order valence-corrected chi connectivity index (χ2v) is 21.3. The Bertz CT molecular complexity index is 2640. The van der Waals surface area contributed by atoms with Crippen LogP contribution in [0.1, 0.15) is 131 Å². The molecule has 73 heavy (non-hydrogen) atoms. The van der Waals surface area contributed by atoms with Gasteiger partial charge in [-0.05, 0) is 181 Å². The van der Waals surface area contributed by atoms with Gasteiger partial charge in [-0.1, -0.05) is 120 Å². The molecule has 8 nitrogen and oxygen atoms in total. The summed E-state index contributed by atoms with van der Waals surface area (Å²) in [6.07, 6.45) is 15.6. The zero-order valence-corrected chi connectivity index (χ0v) is 46.0. The molecule has 5 aromatic rings. The number of nitrogens with two attached hydrogens (primary N) is 1. The molecule has 2 unspecified atom stereocenters. The Hall–Kier alpha value is -5.26. The van der Waals surface area contributed by atoms with Gasteiger partial charge in [0.1, 0.15) is 17.5 Å². The summed E-state index contributed by atoms with van der Waals surface area (Å²) in [6, 6.07) is 22.2. The van der Waals surface area contributed by atoms with Crippen LogP contribution in [0.5, 0.6) is 0 Å². The first kappa shape index (κ1) is 57.0. The molecule has 0 amide bonds. The Morgan fingerprint density at radius 3 is 2.27 bits per heavy atom. The van der Waals surface area contributed by atoms with Crippen molar-refractivity contribution >= 4 is 34.0 Å². The van der Waals surface area contributed by atoms with Gasteiger partial charge in [-0.15, -0.1) is 6.58 Å². The van der Waals surface area contributed by atoms with E-state index < -0.39 is 11.6 Å². The van der Waals surface area contributed by atoms with Crippen LogP contribution in [0.3, 0.4) is 0 Å². The highest BCUT2D eigenvalue weighted by Gasteiger charge is 2.44. The van der Waals surface area contributed by atoms with Crippen LogP contribution in [0.25, 0.3) is 27.7 Å². The van der Waals surface area contributed by atoms with Crippen LogP contribution in [0, 0.1) is 17.6 Å². The summed E-state index contributed by atoms with van der Waals surface area (Å²) in [4.78, 5) is 7.34. The molecule has 4 aromatic carbocycles. The number of piperidine rings is 2. The van der Waals surface area contributed by atoms with Gasteiger partial charge < -0.3 is 31.1 Å². The van der Waals surface area contributed by atoms with E-state index in [0.29, 0.717) is 35.4 Å². The van der Waals surface area contributed by atoms with Gasteiger partial charge in [-0.2, -0.15) is 5.10 Å². The van der Waals surface area contributed by atoms with E-state index in [0.717, 1.165) is 66.6 Å². The first-order valence-electron chi connectivity index (χ1n) is 26.9. The van der Waals surface area contributed by atoms with Crippen molar-refractivity contribution in [3.8, 4) is 11.1 Å². The first-order chi connectivity index (χ1) is 35.1. The second-order valence-electron chi connectivity index (χ2n) is 20.9. The lowest BCUT2D eigenvalue weighted by Gasteiger charge is -2.37. The van der Waals surface area contributed by atoms with Crippen LogP contribution in [0.2, 0.25) is 5.02 Å². The number of anilines is 1. The third-order valence-electron chi connectivity index (χ3n) is 15.7. The van der Waals surface area contributed by atoms with Gasteiger partial charge >= 0.3 is 0 Å². The predicted octanol–water partition coefficient (Wildman–Crippen LogP) is 13.9. The number of allylic oxidation sites excluding steroid dienone is 1. The van der Waals surface area contributed by atoms with E-state index in [1.54, 1.807) is 18.3 Å². The van der Waals surface area contributed by atoms with E-state index in [1.165, 1.54) is 93.8 Å². The molecule has 1 aliphatic carbocycles. The minimum Gasteiger partial charge on any atom is -0.399 e. The molecule has 0 radical (unpaired) electrons. The van der Waals surface area contributed by atoms with Gasteiger partial charge in [-0.25, -0.2) is 8.78 Å². The number of halogens is 3. The fourth-order valence-corrected chi connectivity index (χ4v) is 11.6. The van der Waals surface area contributed by atoms with E-state index in [4.69, 9.17) is 22.4 Å². The standard InChI is InChI=1S/C28H28ClF2N.C27H42N6.C7H15N/c1-5-9-18-12-13-21(17(3)32)24(27(18)31)25-23-16(2)28(4,20-10-7-6-8-11-20)15-19(23)14-22(30)26(25)29;1-6-14-33(21(3)28-7-2)27-25-9-8-24(19-26(25)31(5)29-27)23-12-17-32(18-13-23)20-22-10-15-30(4)16-11-22;1-3-4-5-6-7-8-2/h6-8,10-14,16H,3,5,9,15,32H2,1-2,4H3;7-9,19,22-23,28H,2-3,6,10-18,20H2,1,4-5H3;3,8H,1,4-7H2,2H3. The number of likely N-dealkylation sites (tertiary alicyclic amines) is 2. The number of nitrogens with one attached hydrogen (secondary N) is 2. The van der Waals surface area contributed by atoms with Crippen molar-refractivity contribution in [3.63, 3.8) is 0 Å². The summed E-state index contributed by atoms with van der Waals surface area (Å²) in [6.45, 7) is 32.2. The molecule has 4 N–H and O–H groups in total. The largest absolute Gasteiger partial charge is 0.399 e. The fourth-order valence-electron chi connectivity index (χ4n) is 11.4. The summed E-state index contributed by atoms with van der Waals surface area (Å²) in [7, 11) is 6.28. The highest BCUT2D eigenvalue weighted by molar-refractivity contribution is 6.34. The number of benzene rings is 4. The summed E-state index contributed by atoms with van der Waals surface area (Å²) in [5.74, 6) is 2.36. The van der Waals surface area contributed by atoms with Crippen molar-refractivity contribution < 1.29 is 8.78 Å². The summed E-state index contributed by atoms with van der Waals surface area (Å²) in [5.41, 5.74) is 13.3. The van der Waals surface area contributed by atoms with Gasteiger partial charge in [-0.3, -0.25) is 4.68 Å². The topological polar surface area (TPSA) is 77.6 Å². The maximum atomic E-state index is 15.9. The Morgan fingerprint density at radius 2 is 1.64 bits per heavy atom. The predicted molar refractivity (Wildman–Crippen MR) is 307 cm³/mol. The average Bonchev–Trinajstić information content (AvgIpc) is 3.85. The maximum absolute atomic E-state index is 15.9. The van der Waals surface area contributed by atoms with Crippen molar-refractivity contribution in [2.45, 2.75) is 116 Å². The number of nitrogens with zero attached hydrogens (tertiary/aromatic N) is 5. The molecule has 2 saturated heterocycles. The van der Waals surface area contributed by atoms with Crippen LogP contribution in [0.4, 0.5) is 14.6 Å². The van der Waals surface area contributed by atoms with E-state index in [1.807, 2.05) is 50.0 Å². The molecule has 0 bridgehead atoms. The SMILES string of the molecule is C=C(N)c1ccc(CCC)c(F)c1-c1c(Cl)c(F)cc2c1C(C)C(C)(c1ccccc1)C2.C=CCCCCNC.C=CNC(=C)N(CCC)c1nn(C)c2cc(C3CCN(CC4CCN(C)CC4)CC3)ccc12. The van der Waals surface area contributed by atoms with E-state index in [-0.39, 0.29) is 27.6 Å². The first-order valence-corrected chi connectivity index (χ1v) is 27.3. The van der Waals surface area contributed by atoms with Crippen molar-refractivity contribution in [2.75, 3.05) is 64.8 Å². The highest BCUT2D eigenvalue weighted by Crippen LogP contribution is 2.55. The average molecular weight is 1020 g/mol. The molecule has 3 heterocycles. The summed E-state index contributed by atoms with van der Waals surface area (Å²) < 4.78 is 33.0. The molecule has 11 heteroatoms. The zero-order chi connectivity index (χ0) is 52.8. The fraction of sp³-hybridized carbons (Fsp3) is 0.468. The van der Waals surface area contributed by atoms with Crippen LogP contribution < -0.4 is 21.3 Å². The van der Waals surface area contributed by atoms with Gasteiger partial charge in [0.2, 0.25) is 0 Å². The minimum atomic E-state index is -0.543. The summed E-state index contributed by atoms with van der Waals surface area (Å²) in [5, 5.41) is 12.2. The van der Waals surface area contributed by atoms with Gasteiger partial charge in [0, 0.05) is 53.3 Å². The van der Waals surface area contributed by atoms with Crippen LogP contribution in [0.15, 0.2) is 111 Å². The number of unbranched alkanes of at least 4 members (excludes halogenated alkanes) is 2. The Morgan fingerprint density at radius 1 is 0.932 bits per heavy atom. The van der Waals surface area contributed by atoms with Crippen LogP contribution in [-0.2, 0) is 25.3 Å². The third kappa shape index (κ3) is 13.5. The molecule has 1 aromatic heterocycles. The molecular weight excluding hydrogens is 930 g/mol. The molecule has 0 spiro atoms. The number of hydrogen-bond acceptors (Lipinski definition) is 7. The van der Waals surface area contributed by atoms with Gasteiger partial charge in [0.15, 0.2) is 5.82 Å². The van der Waals surface area contributed by atoms with E-state index in [2.05, 4.69) is 110 Å². The van der Waals surface area contributed by atoms with Crippen LogP contribution in [-0.4, -0.2) is 79.5 Å². The molecule has 394 valence electrons. The number of rotatable bonds is 19. The Labute approximate surface area is 442 Å². The van der Waals surface area contributed by atoms with Gasteiger partial charge in [0.25, 0.3) is 0 Å². The number of aromatic nitrogens is 2. The molecule has 3 aliphatic rings. The molecule has 2 fully saturated rings. The van der Waals surface area contributed by atoms with Crippen molar-refractivity contribution in [2.24, 2.45) is 18.7 Å². The van der Waals surface area contributed by atoms with Crippen molar-refractivity contribution in [1.29, 1.82) is 0 Å². The van der Waals surface area contributed by atoms with E-state index >= 15 is 8.78 Å². The number of fused-ring (bicyclic) bond motifs is 2.